The average Bonchev–Trinajstić information content (AvgIpc) is 2.77. The van der Waals surface area contributed by atoms with E-state index in [4.69, 9.17) is 10.00 Å². The Morgan fingerprint density at radius 1 is 1.30 bits per heavy atom. The molecular formula is C22H21BrFN3O5S. The molecule has 2 aromatic carbocycles. The monoisotopic (exact) mass is 537 g/mol. The molecule has 0 aliphatic carbocycles. The number of carbonyl (C=O) groups is 2. The van der Waals surface area contributed by atoms with Crippen molar-refractivity contribution in [3.05, 3.63) is 57.8 Å². The SMILES string of the molecule is CC(C)(C)OC(=O)N[C@H]1CS(=O)(=O)c2cc(F)c(Br)cc2N(Cc2ccc(C#N)cc2)C1=O. The first-order valence-corrected chi connectivity index (χ1v) is 12.3. The molecule has 0 unspecified atom stereocenters. The van der Waals surface area contributed by atoms with Gasteiger partial charge in [-0.1, -0.05) is 12.1 Å². The molecule has 1 aliphatic heterocycles. The van der Waals surface area contributed by atoms with Gasteiger partial charge in [-0.15, -0.1) is 0 Å². The van der Waals surface area contributed by atoms with Crippen molar-refractivity contribution in [2.24, 2.45) is 0 Å². The van der Waals surface area contributed by atoms with E-state index in [9.17, 15) is 22.4 Å². The quantitative estimate of drug-likeness (QED) is 0.638. The van der Waals surface area contributed by atoms with Crippen LogP contribution in [0.5, 0.6) is 0 Å². The van der Waals surface area contributed by atoms with Gasteiger partial charge in [0.05, 0.1) is 39.0 Å². The van der Waals surface area contributed by atoms with Crippen LogP contribution in [0.1, 0.15) is 31.9 Å². The van der Waals surface area contributed by atoms with Crippen molar-refractivity contribution < 1.29 is 27.1 Å². The lowest BCUT2D eigenvalue weighted by Crippen LogP contribution is -2.51. The minimum Gasteiger partial charge on any atom is -0.444 e. The fourth-order valence-electron chi connectivity index (χ4n) is 3.25. The lowest BCUT2D eigenvalue weighted by atomic mass is 10.1. The van der Waals surface area contributed by atoms with Crippen molar-refractivity contribution in [2.45, 2.75) is 43.9 Å². The molecule has 1 heterocycles. The minimum absolute atomic E-state index is 0.0207. The van der Waals surface area contributed by atoms with E-state index in [2.05, 4.69) is 21.2 Å². The van der Waals surface area contributed by atoms with E-state index in [1.807, 2.05) is 6.07 Å². The summed E-state index contributed by atoms with van der Waals surface area (Å²) in [5.41, 5.74) is 0.129. The maximum atomic E-state index is 14.3. The average molecular weight is 538 g/mol. The highest BCUT2D eigenvalue weighted by Crippen LogP contribution is 2.35. The molecule has 2 amide bonds. The second-order valence-electron chi connectivity index (χ2n) is 8.45. The number of hydrogen-bond donors (Lipinski definition) is 1. The molecule has 2 aromatic rings. The summed E-state index contributed by atoms with van der Waals surface area (Å²) in [6.45, 7) is 4.82. The number of fused-ring (bicyclic) bond motifs is 1. The predicted molar refractivity (Wildman–Crippen MR) is 122 cm³/mol. The van der Waals surface area contributed by atoms with Gasteiger partial charge in [-0.2, -0.15) is 5.26 Å². The van der Waals surface area contributed by atoms with Crippen molar-refractivity contribution >= 4 is 43.5 Å². The molecule has 8 nitrogen and oxygen atoms in total. The van der Waals surface area contributed by atoms with E-state index in [-0.39, 0.29) is 21.6 Å². The van der Waals surface area contributed by atoms with Gasteiger partial charge >= 0.3 is 6.09 Å². The van der Waals surface area contributed by atoms with Crippen molar-refractivity contribution in [1.82, 2.24) is 5.32 Å². The summed E-state index contributed by atoms with van der Waals surface area (Å²) < 4.78 is 45.6. The van der Waals surface area contributed by atoms with Crippen LogP contribution < -0.4 is 10.2 Å². The summed E-state index contributed by atoms with van der Waals surface area (Å²) in [6.07, 6.45) is -0.951. The molecule has 0 bridgehead atoms. The number of halogens is 2. The van der Waals surface area contributed by atoms with Gasteiger partial charge in [0.1, 0.15) is 17.5 Å². The first-order valence-electron chi connectivity index (χ1n) is 9.82. The number of benzene rings is 2. The third kappa shape index (κ3) is 5.69. The molecule has 0 radical (unpaired) electrons. The van der Waals surface area contributed by atoms with Crippen LogP contribution in [0.4, 0.5) is 14.9 Å². The number of sulfone groups is 1. The van der Waals surface area contributed by atoms with Gasteiger partial charge in [0, 0.05) is 0 Å². The van der Waals surface area contributed by atoms with Gasteiger partial charge in [0.25, 0.3) is 5.91 Å². The highest BCUT2D eigenvalue weighted by molar-refractivity contribution is 9.10. The van der Waals surface area contributed by atoms with Crippen LogP contribution in [0, 0.1) is 17.1 Å². The van der Waals surface area contributed by atoms with Crippen LogP contribution in [0.2, 0.25) is 0 Å². The summed E-state index contributed by atoms with van der Waals surface area (Å²) in [7, 11) is -4.16. The zero-order chi connectivity index (χ0) is 24.6. The zero-order valence-electron chi connectivity index (χ0n) is 18.1. The Kier molecular flexibility index (Phi) is 6.81. The second kappa shape index (κ2) is 9.11. The topological polar surface area (TPSA) is 117 Å². The van der Waals surface area contributed by atoms with Crippen molar-refractivity contribution in [2.75, 3.05) is 10.7 Å². The first-order chi connectivity index (χ1) is 15.3. The van der Waals surface area contributed by atoms with Gasteiger partial charge in [-0.3, -0.25) is 4.79 Å². The number of nitrogens with zero attached hydrogens (tertiary/aromatic N) is 2. The van der Waals surface area contributed by atoms with Gasteiger partial charge in [-0.25, -0.2) is 17.6 Å². The molecule has 11 heteroatoms. The third-order valence-corrected chi connectivity index (χ3v) is 7.07. The lowest BCUT2D eigenvalue weighted by molar-refractivity contribution is -0.120. The molecule has 3 rings (SSSR count). The molecule has 0 spiro atoms. The standard InChI is InChI=1S/C22H21BrFN3O5S/c1-22(2,3)32-21(29)26-17-12-33(30,31)19-9-16(24)15(23)8-18(19)27(20(17)28)11-14-6-4-13(10-25)5-7-14/h4-9,17H,11-12H2,1-3H3,(H,26,29)/t17-/m0/s1. The van der Waals surface area contributed by atoms with Gasteiger partial charge < -0.3 is 15.0 Å². The fraction of sp³-hybridized carbons (Fsp3) is 0.318. The Bertz CT molecular complexity index is 1250. The van der Waals surface area contributed by atoms with Crippen LogP contribution in [-0.4, -0.2) is 37.8 Å². The Hall–Kier alpha value is -2.97. The van der Waals surface area contributed by atoms with Crippen LogP contribution in [-0.2, 0) is 25.9 Å². The van der Waals surface area contributed by atoms with E-state index in [0.29, 0.717) is 11.1 Å². The van der Waals surface area contributed by atoms with Crippen LogP contribution in [0.3, 0.4) is 0 Å². The third-order valence-electron chi connectivity index (χ3n) is 4.69. The van der Waals surface area contributed by atoms with Gasteiger partial charge in [0.15, 0.2) is 9.84 Å². The van der Waals surface area contributed by atoms with Gasteiger partial charge in [-0.05, 0) is 66.5 Å². The molecule has 174 valence electrons. The van der Waals surface area contributed by atoms with Gasteiger partial charge in [0.2, 0.25) is 0 Å². The largest absolute Gasteiger partial charge is 0.444 e. The molecular weight excluding hydrogens is 517 g/mol. The van der Waals surface area contributed by atoms with Crippen LogP contribution in [0.25, 0.3) is 0 Å². The number of carbonyl (C=O) groups excluding carboxylic acids is 2. The van der Waals surface area contributed by atoms with E-state index in [1.54, 1.807) is 45.0 Å². The Morgan fingerprint density at radius 2 is 1.94 bits per heavy atom. The molecule has 0 saturated heterocycles. The van der Waals surface area contributed by atoms with E-state index < -0.39 is 45.1 Å². The summed E-state index contributed by atoms with van der Waals surface area (Å²) in [6, 6.07) is 8.98. The number of nitriles is 1. The first kappa shape index (κ1) is 24.7. The van der Waals surface area contributed by atoms with Crippen molar-refractivity contribution in [3.63, 3.8) is 0 Å². The maximum absolute atomic E-state index is 14.3. The molecule has 0 saturated carbocycles. The fourth-order valence-corrected chi connectivity index (χ4v) is 5.20. The summed E-state index contributed by atoms with van der Waals surface area (Å²) >= 11 is 3.04. The number of anilines is 1. The van der Waals surface area contributed by atoms with E-state index in [1.165, 1.54) is 11.0 Å². The maximum Gasteiger partial charge on any atom is 0.408 e. The number of alkyl carbamates (subject to hydrolysis) is 1. The number of rotatable bonds is 3. The zero-order valence-corrected chi connectivity index (χ0v) is 20.5. The lowest BCUT2D eigenvalue weighted by Gasteiger charge is -2.27. The number of amides is 2. The normalized spacial score (nSPS) is 17.5. The van der Waals surface area contributed by atoms with Crippen LogP contribution >= 0.6 is 15.9 Å². The second-order valence-corrected chi connectivity index (χ2v) is 11.3. The summed E-state index contributed by atoms with van der Waals surface area (Å²) in [4.78, 5) is 26.6. The number of hydrogen-bond acceptors (Lipinski definition) is 6. The Balaban J connectivity index is 2.08. The van der Waals surface area contributed by atoms with E-state index in [0.717, 1.165) is 6.07 Å². The van der Waals surface area contributed by atoms with Crippen molar-refractivity contribution in [1.29, 1.82) is 5.26 Å². The predicted octanol–water partition coefficient (Wildman–Crippen LogP) is 3.67. The minimum atomic E-state index is -4.16. The van der Waals surface area contributed by atoms with Crippen molar-refractivity contribution in [3.8, 4) is 6.07 Å². The molecule has 0 fully saturated rings. The smallest absolute Gasteiger partial charge is 0.408 e. The van der Waals surface area contributed by atoms with Crippen LogP contribution in [0.15, 0.2) is 45.8 Å². The number of nitrogens with one attached hydrogen (secondary N) is 1. The molecule has 33 heavy (non-hydrogen) atoms. The highest BCUT2D eigenvalue weighted by atomic mass is 79.9. The summed E-state index contributed by atoms with van der Waals surface area (Å²) in [5.74, 6) is -2.27. The number of ether oxygens (including phenoxy) is 1. The highest BCUT2D eigenvalue weighted by Gasteiger charge is 2.40. The Morgan fingerprint density at radius 3 is 2.52 bits per heavy atom. The van der Waals surface area contributed by atoms with E-state index >= 15 is 0 Å². The summed E-state index contributed by atoms with van der Waals surface area (Å²) in [5, 5.41) is 11.3. The Labute approximate surface area is 199 Å². The molecule has 0 aromatic heterocycles. The molecule has 1 atom stereocenters. The molecule has 1 N–H and O–H groups in total. The molecule has 1 aliphatic rings.